The number of nitrogens with one attached hydrogen (secondary N) is 1. The number of aromatic amines is 1. The Hall–Kier alpha value is -2.76. The average Bonchev–Trinajstić information content (AvgIpc) is 2.76. The monoisotopic (exact) mass is 389 g/mol. The molecule has 1 aromatic heterocycles. The normalized spacial score (nSPS) is 15.0. The van der Waals surface area contributed by atoms with E-state index in [1.54, 1.807) is 12.3 Å². The van der Waals surface area contributed by atoms with Gasteiger partial charge in [-0.05, 0) is 23.3 Å². The Kier molecular flexibility index (Phi) is 5.65. The van der Waals surface area contributed by atoms with Crippen LogP contribution >= 0.6 is 12.2 Å². The number of nitrogens with zero attached hydrogens (tertiary/aromatic N) is 2. The number of hydrogen-bond donors (Lipinski definition) is 1. The highest BCUT2D eigenvalue weighted by Gasteiger charge is 2.28. The zero-order valence-corrected chi connectivity index (χ0v) is 16.4. The molecule has 0 aliphatic carbocycles. The van der Waals surface area contributed by atoms with E-state index in [2.05, 4.69) is 58.4 Å². The number of pyridine rings is 1. The van der Waals surface area contributed by atoms with E-state index >= 15 is 0 Å². The van der Waals surface area contributed by atoms with Crippen LogP contribution in [-0.2, 0) is 0 Å². The molecule has 2 aromatic carbocycles. The lowest BCUT2D eigenvalue weighted by atomic mass is 9.96. The van der Waals surface area contributed by atoms with Gasteiger partial charge in [-0.2, -0.15) is 0 Å². The molecule has 0 saturated carbocycles. The first-order valence-corrected chi connectivity index (χ1v) is 9.96. The van der Waals surface area contributed by atoms with Crippen molar-refractivity contribution < 1.29 is 4.79 Å². The standard InChI is InChI=1S/C23H23N3OS/c27-23(20-12-7-13-24-22(20)28)26-16-14-25(15-17-26)21(18-8-3-1-4-9-18)19-10-5-2-6-11-19/h1-13,21H,14-17H2,(H,24,28). The number of carbonyl (C=O) groups excluding carboxylic acids is 1. The SMILES string of the molecule is O=C(c1ccc[nH]c1=S)N1CCN(C(c2ccccc2)c2ccccc2)CC1. The molecule has 142 valence electrons. The third-order valence-corrected chi connectivity index (χ3v) is 5.58. The highest BCUT2D eigenvalue weighted by atomic mass is 32.1. The van der Waals surface area contributed by atoms with E-state index in [9.17, 15) is 4.79 Å². The Bertz CT molecular complexity index is 940. The van der Waals surface area contributed by atoms with Gasteiger partial charge in [0.15, 0.2) is 0 Å². The van der Waals surface area contributed by atoms with Crippen LogP contribution in [0.25, 0.3) is 0 Å². The van der Waals surface area contributed by atoms with E-state index in [-0.39, 0.29) is 11.9 Å². The summed E-state index contributed by atoms with van der Waals surface area (Å²) in [6, 6.07) is 25.0. The van der Waals surface area contributed by atoms with Gasteiger partial charge in [-0.3, -0.25) is 9.69 Å². The fourth-order valence-electron chi connectivity index (χ4n) is 3.83. The molecule has 1 N–H and O–H groups in total. The van der Waals surface area contributed by atoms with Crippen molar-refractivity contribution in [2.24, 2.45) is 0 Å². The van der Waals surface area contributed by atoms with Gasteiger partial charge in [0.05, 0.1) is 11.6 Å². The molecular formula is C23H23N3OS. The van der Waals surface area contributed by atoms with Crippen LogP contribution in [0.4, 0.5) is 0 Å². The number of hydrogen-bond acceptors (Lipinski definition) is 3. The summed E-state index contributed by atoms with van der Waals surface area (Å²) in [4.78, 5) is 20.2. The van der Waals surface area contributed by atoms with Crippen LogP contribution in [-0.4, -0.2) is 46.9 Å². The van der Waals surface area contributed by atoms with Crippen molar-refractivity contribution >= 4 is 18.1 Å². The van der Waals surface area contributed by atoms with Crippen molar-refractivity contribution in [1.29, 1.82) is 0 Å². The van der Waals surface area contributed by atoms with Gasteiger partial charge in [0.2, 0.25) is 0 Å². The Morgan fingerprint density at radius 3 is 1.93 bits per heavy atom. The third-order valence-electron chi connectivity index (χ3n) is 5.25. The van der Waals surface area contributed by atoms with Crippen molar-refractivity contribution in [1.82, 2.24) is 14.8 Å². The third kappa shape index (κ3) is 3.91. The zero-order chi connectivity index (χ0) is 19.3. The van der Waals surface area contributed by atoms with Gasteiger partial charge in [-0.25, -0.2) is 0 Å². The molecule has 0 atom stereocenters. The number of aromatic nitrogens is 1. The molecule has 28 heavy (non-hydrogen) atoms. The Morgan fingerprint density at radius 1 is 0.821 bits per heavy atom. The lowest BCUT2D eigenvalue weighted by molar-refractivity contribution is 0.0596. The maximum absolute atomic E-state index is 12.9. The minimum absolute atomic E-state index is 0.0115. The van der Waals surface area contributed by atoms with Crippen molar-refractivity contribution in [3.05, 3.63) is 100 Å². The summed E-state index contributed by atoms with van der Waals surface area (Å²) in [5.41, 5.74) is 3.13. The lowest BCUT2D eigenvalue weighted by Gasteiger charge is -2.39. The van der Waals surface area contributed by atoms with Crippen LogP contribution < -0.4 is 0 Å². The molecule has 2 heterocycles. The summed E-state index contributed by atoms with van der Waals surface area (Å²) < 4.78 is 0.501. The molecule has 1 fully saturated rings. The maximum atomic E-state index is 12.9. The van der Waals surface area contributed by atoms with Crippen LogP contribution in [0, 0.1) is 4.64 Å². The molecule has 5 heteroatoms. The quantitative estimate of drug-likeness (QED) is 0.677. The topological polar surface area (TPSA) is 39.3 Å². The summed E-state index contributed by atoms with van der Waals surface area (Å²) in [7, 11) is 0. The van der Waals surface area contributed by atoms with Crippen molar-refractivity contribution in [3.8, 4) is 0 Å². The second kappa shape index (κ2) is 8.50. The first kappa shape index (κ1) is 18.6. The molecule has 1 aliphatic rings. The van der Waals surface area contributed by atoms with Crippen LogP contribution in [0.3, 0.4) is 0 Å². The van der Waals surface area contributed by atoms with E-state index < -0.39 is 0 Å². The van der Waals surface area contributed by atoms with Crippen LogP contribution in [0.2, 0.25) is 0 Å². The molecule has 4 nitrogen and oxygen atoms in total. The van der Waals surface area contributed by atoms with E-state index in [0.29, 0.717) is 23.3 Å². The smallest absolute Gasteiger partial charge is 0.256 e. The first-order chi connectivity index (χ1) is 13.7. The van der Waals surface area contributed by atoms with E-state index in [1.807, 2.05) is 23.1 Å². The van der Waals surface area contributed by atoms with Crippen molar-refractivity contribution in [3.63, 3.8) is 0 Å². The Morgan fingerprint density at radius 2 is 1.39 bits per heavy atom. The first-order valence-electron chi connectivity index (χ1n) is 9.55. The summed E-state index contributed by atoms with van der Waals surface area (Å²) >= 11 is 5.28. The predicted molar refractivity (Wildman–Crippen MR) is 114 cm³/mol. The van der Waals surface area contributed by atoms with Crippen LogP contribution in [0.15, 0.2) is 79.0 Å². The van der Waals surface area contributed by atoms with E-state index in [1.165, 1.54) is 11.1 Å². The van der Waals surface area contributed by atoms with Gasteiger partial charge in [0.25, 0.3) is 5.91 Å². The summed E-state index contributed by atoms with van der Waals surface area (Å²) in [6.45, 7) is 3.03. The number of benzene rings is 2. The summed E-state index contributed by atoms with van der Waals surface area (Å²) in [5.74, 6) is 0.0115. The summed E-state index contributed by atoms with van der Waals surface area (Å²) in [5, 5.41) is 0. The molecule has 1 aliphatic heterocycles. The average molecular weight is 390 g/mol. The van der Waals surface area contributed by atoms with Crippen molar-refractivity contribution in [2.45, 2.75) is 6.04 Å². The van der Waals surface area contributed by atoms with Gasteiger partial charge >= 0.3 is 0 Å². The lowest BCUT2D eigenvalue weighted by Crippen LogP contribution is -2.50. The molecular weight excluding hydrogens is 366 g/mol. The van der Waals surface area contributed by atoms with Crippen molar-refractivity contribution in [2.75, 3.05) is 26.2 Å². The zero-order valence-electron chi connectivity index (χ0n) is 15.6. The van der Waals surface area contributed by atoms with Gasteiger partial charge in [0.1, 0.15) is 4.64 Å². The van der Waals surface area contributed by atoms with E-state index in [0.717, 1.165) is 13.1 Å². The minimum atomic E-state index is 0.0115. The molecule has 1 amide bonds. The molecule has 3 aromatic rings. The number of rotatable bonds is 4. The Labute approximate surface area is 170 Å². The second-order valence-electron chi connectivity index (χ2n) is 6.96. The largest absolute Gasteiger partial charge is 0.352 e. The molecule has 0 spiro atoms. The molecule has 0 unspecified atom stereocenters. The molecule has 0 radical (unpaired) electrons. The number of carbonyl (C=O) groups is 1. The van der Waals surface area contributed by atoms with E-state index in [4.69, 9.17) is 12.2 Å². The fourth-order valence-corrected chi connectivity index (χ4v) is 4.05. The fraction of sp³-hybridized carbons (Fsp3) is 0.217. The van der Waals surface area contributed by atoms with Crippen LogP contribution in [0.5, 0.6) is 0 Å². The van der Waals surface area contributed by atoms with Gasteiger partial charge in [0, 0.05) is 32.4 Å². The number of amides is 1. The van der Waals surface area contributed by atoms with Crippen LogP contribution in [0.1, 0.15) is 27.5 Å². The minimum Gasteiger partial charge on any atom is -0.352 e. The number of H-pyrrole nitrogens is 1. The van der Waals surface area contributed by atoms with Gasteiger partial charge in [-0.1, -0.05) is 72.9 Å². The highest BCUT2D eigenvalue weighted by Crippen LogP contribution is 2.29. The Balaban J connectivity index is 1.53. The van der Waals surface area contributed by atoms with Gasteiger partial charge in [-0.15, -0.1) is 0 Å². The maximum Gasteiger partial charge on any atom is 0.256 e. The second-order valence-corrected chi connectivity index (χ2v) is 7.37. The molecule has 1 saturated heterocycles. The number of piperazine rings is 1. The predicted octanol–water partition coefficient (Wildman–Crippen LogP) is 4.29. The highest BCUT2D eigenvalue weighted by molar-refractivity contribution is 7.71. The summed E-state index contributed by atoms with van der Waals surface area (Å²) in [6.07, 6.45) is 1.75. The molecule has 0 bridgehead atoms. The van der Waals surface area contributed by atoms with Gasteiger partial charge < -0.3 is 9.88 Å². The molecule has 4 rings (SSSR count).